The molecule has 0 aliphatic rings. The lowest BCUT2D eigenvalue weighted by atomic mass is 10.0. The first-order valence-corrected chi connectivity index (χ1v) is 16.6. The van der Waals surface area contributed by atoms with Gasteiger partial charge in [0.25, 0.3) is 10.0 Å². The van der Waals surface area contributed by atoms with Gasteiger partial charge in [0.1, 0.15) is 12.6 Å². The molecular weight excluding hydrogens is 626 g/mol. The van der Waals surface area contributed by atoms with Gasteiger partial charge in [0.05, 0.1) is 24.8 Å². The SMILES string of the molecule is CCNC(=O)C(Cc1ccccc1)N(Cc1ccccc1Cl)C(=O)CN(c1ccc(OC)c(OC)c1)S(=O)(=O)c1ccc(C)cc1. The van der Waals surface area contributed by atoms with Crippen LogP contribution in [-0.4, -0.2) is 58.5 Å². The van der Waals surface area contributed by atoms with Gasteiger partial charge in [-0.2, -0.15) is 0 Å². The number of sulfonamides is 1. The van der Waals surface area contributed by atoms with E-state index in [4.69, 9.17) is 21.1 Å². The monoisotopic (exact) mass is 663 g/mol. The molecule has 0 aliphatic heterocycles. The molecule has 4 aromatic carbocycles. The van der Waals surface area contributed by atoms with Gasteiger partial charge < -0.3 is 19.7 Å². The van der Waals surface area contributed by atoms with Gasteiger partial charge in [-0.3, -0.25) is 13.9 Å². The van der Waals surface area contributed by atoms with Crippen molar-refractivity contribution in [3.63, 3.8) is 0 Å². The molecule has 0 bridgehead atoms. The molecule has 0 spiro atoms. The highest BCUT2D eigenvalue weighted by molar-refractivity contribution is 7.92. The fourth-order valence-electron chi connectivity index (χ4n) is 5.00. The predicted molar refractivity (Wildman–Crippen MR) is 180 cm³/mol. The van der Waals surface area contributed by atoms with E-state index in [2.05, 4.69) is 5.32 Å². The van der Waals surface area contributed by atoms with Crippen molar-refractivity contribution in [3.05, 3.63) is 119 Å². The zero-order chi connectivity index (χ0) is 33.3. The van der Waals surface area contributed by atoms with Crippen molar-refractivity contribution in [2.45, 2.75) is 37.8 Å². The molecule has 0 saturated carbocycles. The largest absolute Gasteiger partial charge is 0.493 e. The highest BCUT2D eigenvalue weighted by Gasteiger charge is 2.35. The number of amides is 2. The van der Waals surface area contributed by atoms with Gasteiger partial charge in [-0.1, -0.05) is 77.8 Å². The van der Waals surface area contributed by atoms with Crippen LogP contribution in [-0.2, 0) is 32.6 Å². The number of nitrogens with zero attached hydrogens (tertiary/aromatic N) is 2. The highest BCUT2D eigenvalue weighted by atomic mass is 35.5. The normalized spacial score (nSPS) is 11.8. The van der Waals surface area contributed by atoms with Crippen LogP contribution in [0.4, 0.5) is 5.69 Å². The summed E-state index contributed by atoms with van der Waals surface area (Å²) >= 11 is 6.54. The Bertz CT molecular complexity index is 1750. The maximum Gasteiger partial charge on any atom is 0.264 e. The third kappa shape index (κ3) is 8.18. The number of methoxy groups -OCH3 is 2. The van der Waals surface area contributed by atoms with Crippen LogP contribution in [0.3, 0.4) is 0 Å². The predicted octanol–water partition coefficient (Wildman–Crippen LogP) is 5.64. The Hall–Kier alpha value is -4.54. The molecule has 0 saturated heterocycles. The number of ether oxygens (including phenoxy) is 2. The molecule has 11 heteroatoms. The van der Waals surface area contributed by atoms with Gasteiger partial charge in [0, 0.05) is 30.6 Å². The van der Waals surface area contributed by atoms with E-state index in [0.29, 0.717) is 22.9 Å². The van der Waals surface area contributed by atoms with E-state index in [1.54, 1.807) is 55.5 Å². The summed E-state index contributed by atoms with van der Waals surface area (Å²) in [5.41, 5.74) is 2.50. The van der Waals surface area contributed by atoms with E-state index in [9.17, 15) is 18.0 Å². The molecule has 242 valence electrons. The zero-order valence-corrected chi connectivity index (χ0v) is 27.8. The van der Waals surface area contributed by atoms with E-state index < -0.39 is 28.5 Å². The van der Waals surface area contributed by atoms with E-state index in [1.807, 2.05) is 37.3 Å². The van der Waals surface area contributed by atoms with Crippen LogP contribution in [0.5, 0.6) is 11.5 Å². The number of carbonyl (C=O) groups excluding carboxylic acids is 2. The number of rotatable bonds is 14. The second-order valence-electron chi connectivity index (χ2n) is 10.6. The lowest BCUT2D eigenvalue weighted by molar-refractivity contribution is -0.140. The number of hydrogen-bond acceptors (Lipinski definition) is 6. The van der Waals surface area contributed by atoms with Crippen LogP contribution >= 0.6 is 11.6 Å². The molecule has 2 amide bonds. The molecule has 0 heterocycles. The summed E-state index contributed by atoms with van der Waals surface area (Å²) in [6, 6.07) is 26.4. The first kappa shape index (κ1) is 34.3. The molecule has 46 heavy (non-hydrogen) atoms. The third-order valence-electron chi connectivity index (χ3n) is 7.46. The smallest absolute Gasteiger partial charge is 0.264 e. The van der Waals surface area contributed by atoms with Crippen LogP contribution < -0.4 is 19.1 Å². The molecule has 1 atom stereocenters. The van der Waals surface area contributed by atoms with Gasteiger partial charge in [0.2, 0.25) is 11.8 Å². The van der Waals surface area contributed by atoms with Gasteiger partial charge in [-0.25, -0.2) is 8.42 Å². The number of halogens is 1. The summed E-state index contributed by atoms with van der Waals surface area (Å²) in [6.07, 6.45) is 0.198. The molecule has 4 aromatic rings. The van der Waals surface area contributed by atoms with Crippen molar-refractivity contribution in [2.24, 2.45) is 0 Å². The Labute approximate surface area is 275 Å². The number of likely N-dealkylation sites (N-methyl/N-ethyl adjacent to an activating group) is 1. The van der Waals surface area contributed by atoms with Crippen molar-refractivity contribution >= 4 is 39.1 Å². The first-order chi connectivity index (χ1) is 22.1. The second kappa shape index (κ2) is 15.6. The Morgan fingerprint density at radius 3 is 2.15 bits per heavy atom. The lowest BCUT2D eigenvalue weighted by Crippen LogP contribution is -2.53. The number of anilines is 1. The summed E-state index contributed by atoms with van der Waals surface area (Å²) < 4.78 is 40.3. The quantitative estimate of drug-likeness (QED) is 0.187. The molecular formula is C35H38ClN3O6S. The molecule has 1 N–H and O–H groups in total. The van der Waals surface area contributed by atoms with Crippen molar-refractivity contribution in [1.29, 1.82) is 0 Å². The highest BCUT2D eigenvalue weighted by Crippen LogP contribution is 2.34. The Morgan fingerprint density at radius 2 is 1.52 bits per heavy atom. The van der Waals surface area contributed by atoms with Gasteiger partial charge in [0.15, 0.2) is 11.5 Å². The standard InChI is InChI=1S/C35H38ClN3O6S/c1-5-37-35(41)31(21-26-11-7-6-8-12-26)38(23-27-13-9-10-14-30(27)36)34(40)24-39(28-17-20-32(44-3)33(22-28)45-4)46(42,43)29-18-15-25(2)16-19-29/h6-20,22,31H,5,21,23-24H2,1-4H3,(H,37,41). The molecule has 4 rings (SSSR count). The van der Waals surface area contributed by atoms with Crippen LogP contribution in [0.25, 0.3) is 0 Å². The first-order valence-electron chi connectivity index (χ1n) is 14.7. The second-order valence-corrected chi connectivity index (χ2v) is 12.8. The minimum Gasteiger partial charge on any atom is -0.493 e. The average molecular weight is 664 g/mol. The van der Waals surface area contributed by atoms with E-state index in [1.165, 1.54) is 37.3 Å². The number of carbonyl (C=O) groups is 2. The molecule has 0 fully saturated rings. The van der Waals surface area contributed by atoms with E-state index in [0.717, 1.165) is 15.4 Å². The summed E-state index contributed by atoms with van der Waals surface area (Å²) in [4.78, 5) is 29.6. The Balaban J connectivity index is 1.84. The molecule has 0 aromatic heterocycles. The van der Waals surface area contributed by atoms with Crippen LogP contribution in [0.15, 0.2) is 102 Å². The van der Waals surface area contributed by atoms with E-state index in [-0.39, 0.29) is 35.2 Å². The number of aryl methyl sites for hydroxylation is 1. The van der Waals surface area contributed by atoms with Crippen LogP contribution in [0.1, 0.15) is 23.6 Å². The molecule has 0 radical (unpaired) electrons. The minimum atomic E-state index is -4.28. The van der Waals surface area contributed by atoms with E-state index >= 15 is 0 Å². The fraction of sp³-hybridized carbons (Fsp3) is 0.257. The zero-order valence-electron chi connectivity index (χ0n) is 26.3. The maximum absolute atomic E-state index is 14.5. The van der Waals surface area contributed by atoms with Crippen molar-refractivity contribution in [2.75, 3.05) is 31.6 Å². The minimum absolute atomic E-state index is 0.00269. The average Bonchev–Trinajstić information content (AvgIpc) is 3.06. The van der Waals surface area contributed by atoms with Crippen molar-refractivity contribution in [3.8, 4) is 11.5 Å². The van der Waals surface area contributed by atoms with Crippen LogP contribution in [0, 0.1) is 6.92 Å². The summed E-state index contributed by atoms with van der Waals surface area (Å²) in [5, 5.41) is 3.26. The molecule has 0 aliphatic carbocycles. The summed E-state index contributed by atoms with van der Waals surface area (Å²) in [5.74, 6) is -0.290. The van der Waals surface area contributed by atoms with Crippen LogP contribution in [0.2, 0.25) is 5.02 Å². The number of benzene rings is 4. The summed E-state index contributed by atoms with van der Waals surface area (Å²) in [7, 11) is -1.36. The van der Waals surface area contributed by atoms with Gasteiger partial charge in [-0.05, 0) is 55.3 Å². The molecule has 1 unspecified atom stereocenters. The summed E-state index contributed by atoms with van der Waals surface area (Å²) in [6.45, 7) is 3.35. The van der Waals surface area contributed by atoms with Gasteiger partial charge in [-0.15, -0.1) is 0 Å². The molecule has 9 nitrogen and oxygen atoms in total. The van der Waals surface area contributed by atoms with Crippen molar-refractivity contribution < 1.29 is 27.5 Å². The maximum atomic E-state index is 14.5. The fourth-order valence-corrected chi connectivity index (χ4v) is 6.60. The number of nitrogens with one attached hydrogen (secondary N) is 1. The van der Waals surface area contributed by atoms with Gasteiger partial charge >= 0.3 is 0 Å². The van der Waals surface area contributed by atoms with Crippen molar-refractivity contribution in [1.82, 2.24) is 10.2 Å². The number of hydrogen-bond donors (Lipinski definition) is 1. The lowest BCUT2D eigenvalue weighted by Gasteiger charge is -2.34. The third-order valence-corrected chi connectivity index (χ3v) is 9.62. The Kier molecular flexibility index (Phi) is 11.7. The Morgan fingerprint density at radius 1 is 0.870 bits per heavy atom. The topological polar surface area (TPSA) is 105 Å².